The van der Waals surface area contributed by atoms with Gasteiger partial charge in [0.05, 0.1) is 5.56 Å². The van der Waals surface area contributed by atoms with Gasteiger partial charge < -0.3 is 9.80 Å². The molecule has 0 aromatic heterocycles. The molecule has 1 aliphatic carbocycles. The topological polar surface area (TPSA) is 23.6 Å². The van der Waals surface area contributed by atoms with Crippen molar-refractivity contribution < 1.29 is 18.0 Å². The summed E-state index contributed by atoms with van der Waals surface area (Å²) >= 11 is 2.03. The van der Waals surface area contributed by atoms with Crippen LogP contribution >= 0.6 is 22.6 Å². The second-order valence-corrected chi connectivity index (χ2v) is 8.87. The lowest BCUT2D eigenvalue weighted by atomic mass is 9.89. The van der Waals surface area contributed by atoms with Crippen LogP contribution in [0.3, 0.4) is 0 Å². The standard InChI is InChI=1S/C19H22F3IN2O/c20-13-9-12-11-25(18(26)17(12)16(23)10-13)15-3-7-24(8-4-15)14-1-5-19(21,22)6-2-14/h9-10,14-15H,1-8,11H2. The Hall–Kier alpha value is -0.830. The Morgan fingerprint density at radius 1 is 1.04 bits per heavy atom. The molecule has 1 aromatic carbocycles. The quantitative estimate of drug-likeness (QED) is 0.588. The number of benzene rings is 1. The van der Waals surface area contributed by atoms with Crippen LogP contribution in [-0.2, 0) is 6.54 Å². The molecule has 142 valence electrons. The predicted molar refractivity (Wildman–Crippen MR) is 101 cm³/mol. The molecule has 0 radical (unpaired) electrons. The van der Waals surface area contributed by atoms with E-state index in [4.69, 9.17) is 0 Å². The second-order valence-electron chi connectivity index (χ2n) is 7.71. The molecule has 2 heterocycles. The van der Waals surface area contributed by atoms with E-state index in [1.165, 1.54) is 12.1 Å². The Bertz CT molecular complexity index is 709. The van der Waals surface area contributed by atoms with E-state index >= 15 is 0 Å². The largest absolute Gasteiger partial charge is 0.331 e. The minimum Gasteiger partial charge on any atom is -0.331 e. The van der Waals surface area contributed by atoms with Gasteiger partial charge in [0.25, 0.3) is 5.91 Å². The summed E-state index contributed by atoms with van der Waals surface area (Å²) in [4.78, 5) is 17.0. The summed E-state index contributed by atoms with van der Waals surface area (Å²) in [5.41, 5.74) is 1.42. The van der Waals surface area contributed by atoms with Crippen molar-refractivity contribution in [1.82, 2.24) is 9.80 Å². The average Bonchev–Trinajstić information content (AvgIpc) is 2.92. The molecule has 1 aromatic rings. The monoisotopic (exact) mass is 478 g/mol. The van der Waals surface area contributed by atoms with E-state index in [0.29, 0.717) is 28.5 Å². The van der Waals surface area contributed by atoms with E-state index in [-0.39, 0.29) is 36.6 Å². The molecule has 1 amide bonds. The van der Waals surface area contributed by atoms with Gasteiger partial charge in [0.15, 0.2) is 0 Å². The number of halogens is 4. The molecule has 1 saturated heterocycles. The van der Waals surface area contributed by atoms with Crippen LogP contribution in [0.15, 0.2) is 12.1 Å². The summed E-state index contributed by atoms with van der Waals surface area (Å²) in [5, 5.41) is 0. The zero-order valence-electron chi connectivity index (χ0n) is 14.5. The molecule has 7 heteroatoms. The fraction of sp³-hybridized carbons (Fsp3) is 0.632. The first-order valence-electron chi connectivity index (χ1n) is 9.25. The van der Waals surface area contributed by atoms with Crippen molar-refractivity contribution in [3.8, 4) is 0 Å². The minimum atomic E-state index is -2.49. The number of hydrogen-bond donors (Lipinski definition) is 0. The van der Waals surface area contributed by atoms with Gasteiger partial charge in [-0.2, -0.15) is 0 Å². The number of likely N-dealkylation sites (tertiary alicyclic amines) is 1. The van der Waals surface area contributed by atoms with Crippen LogP contribution in [-0.4, -0.2) is 46.8 Å². The van der Waals surface area contributed by atoms with Crippen molar-refractivity contribution in [3.05, 3.63) is 32.6 Å². The second kappa shape index (κ2) is 6.96. The Morgan fingerprint density at radius 3 is 2.35 bits per heavy atom. The fourth-order valence-electron chi connectivity index (χ4n) is 4.64. The summed E-state index contributed by atoms with van der Waals surface area (Å²) in [5.74, 6) is -2.79. The Labute approximate surface area is 165 Å². The predicted octanol–water partition coefficient (Wildman–Crippen LogP) is 4.43. The van der Waals surface area contributed by atoms with Crippen LogP contribution < -0.4 is 0 Å². The number of alkyl halides is 2. The highest BCUT2D eigenvalue weighted by Gasteiger charge is 2.40. The van der Waals surface area contributed by atoms with Crippen LogP contribution in [0.4, 0.5) is 13.2 Å². The van der Waals surface area contributed by atoms with Crippen LogP contribution in [0.25, 0.3) is 0 Å². The fourth-order valence-corrected chi connectivity index (χ4v) is 5.51. The molecule has 2 fully saturated rings. The molecule has 26 heavy (non-hydrogen) atoms. The first-order valence-corrected chi connectivity index (χ1v) is 10.3. The molecule has 1 saturated carbocycles. The summed E-state index contributed by atoms with van der Waals surface area (Å²) < 4.78 is 41.0. The number of rotatable bonds is 2. The lowest BCUT2D eigenvalue weighted by Gasteiger charge is -2.42. The molecule has 0 N–H and O–H groups in total. The zero-order chi connectivity index (χ0) is 18.5. The van der Waals surface area contributed by atoms with Gasteiger partial charge in [0.1, 0.15) is 5.82 Å². The van der Waals surface area contributed by atoms with Gasteiger partial charge >= 0.3 is 0 Å². The number of hydrogen-bond acceptors (Lipinski definition) is 2. The van der Waals surface area contributed by atoms with Gasteiger partial charge in [-0.05, 0) is 66.0 Å². The molecule has 0 spiro atoms. The number of fused-ring (bicyclic) bond motifs is 1. The Balaban J connectivity index is 1.37. The van der Waals surface area contributed by atoms with Gasteiger partial charge in [-0.1, -0.05) is 0 Å². The Morgan fingerprint density at radius 2 is 1.69 bits per heavy atom. The van der Waals surface area contributed by atoms with E-state index in [9.17, 15) is 18.0 Å². The zero-order valence-corrected chi connectivity index (χ0v) is 16.6. The van der Waals surface area contributed by atoms with Gasteiger partial charge in [-0.3, -0.25) is 4.79 Å². The molecule has 0 bridgehead atoms. The van der Waals surface area contributed by atoms with Crippen LogP contribution in [0, 0.1) is 9.39 Å². The SMILES string of the molecule is O=C1c2c(I)cc(F)cc2CN1C1CCN(C2CCC(F)(F)CC2)CC1. The first-order chi connectivity index (χ1) is 12.3. The van der Waals surface area contributed by atoms with Gasteiger partial charge in [-0.15, -0.1) is 0 Å². The number of carbonyl (C=O) groups excluding carboxylic acids is 1. The van der Waals surface area contributed by atoms with Crippen molar-refractivity contribution in [2.24, 2.45) is 0 Å². The lowest BCUT2D eigenvalue weighted by molar-refractivity contribution is -0.0574. The van der Waals surface area contributed by atoms with E-state index in [2.05, 4.69) is 4.90 Å². The normalized spacial score (nSPS) is 24.9. The highest BCUT2D eigenvalue weighted by molar-refractivity contribution is 14.1. The van der Waals surface area contributed by atoms with Crippen LogP contribution in [0.1, 0.15) is 54.4 Å². The number of nitrogens with zero attached hydrogens (tertiary/aromatic N) is 2. The van der Waals surface area contributed by atoms with Gasteiger partial charge in [-0.25, -0.2) is 13.2 Å². The molecule has 3 aliphatic rings. The molecular weight excluding hydrogens is 456 g/mol. The third kappa shape index (κ3) is 3.48. The lowest BCUT2D eigenvalue weighted by Crippen LogP contribution is -2.49. The van der Waals surface area contributed by atoms with Crippen molar-refractivity contribution in [3.63, 3.8) is 0 Å². The molecule has 2 aliphatic heterocycles. The number of amides is 1. The smallest absolute Gasteiger partial charge is 0.255 e. The van der Waals surface area contributed by atoms with Crippen molar-refractivity contribution in [2.45, 2.75) is 63.1 Å². The molecule has 3 nitrogen and oxygen atoms in total. The van der Waals surface area contributed by atoms with Gasteiger partial charge in [0.2, 0.25) is 5.92 Å². The van der Waals surface area contributed by atoms with Crippen molar-refractivity contribution in [2.75, 3.05) is 13.1 Å². The van der Waals surface area contributed by atoms with Crippen LogP contribution in [0.2, 0.25) is 0 Å². The maximum absolute atomic E-state index is 13.6. The maximum Gasteiger partial charge on any atom is 0.255 e. The van der Waals surface area contributed by atoms with Crippen molar-refractivity contribution >= 4 is 28.5 Å². The maximum atomic E-state index is 13.6. The number of piperidine rings is 1. The third-order valence-electron chi connectivity index (χ3n) is 6.09. The third-order valence-corrected chi connectivity index (χ3v) is 6.95. The summed E-state index contributed by atoms with van der Waals surface area (Å²) in [6.07, 6.45) is 2.80. The molecular formula is C19H22F3IN2O. The van der Waals surface area contributed by atoms with E-state index in [0.717, 1.165) is 31.5 Å². The van der Waals surface area contributed by atoms with E-state index < -0.39 is 5.92 Å². The molecule has 4 rings (SSSR count). The minimum absolute atomic E-state index is 0.000147. The summed E-state index contributed by atoms with van der Waals surface area (Å²) in [6, 6.07) is 3.27. The van der Waals surface area contributed by atoms with E-state index in [1.54, 1.807) is 0 Å². The first kappa shape index (κ1) is 18.5. The molecule has 0 atom stereocenters. The summed E-state index contributed by atoms with van der Waals surface area (Å²) in [7, 11) is 0. The Kier molecular flexibility index (Phi) is 4.96. The van der Waals surface area contributed by atoms with Gasteiger partial charge in [0, 0.05) is 48.1 Å². The van der Waals surface area contributed by atoms with Crippen molar-refractivity contribution in [1.29, 1.82) is 0 Å². The number of carbonyl (C=O) groups is 1. The average molecular weight is 478 g/mol. The highest BCUT2D eigenvalue weighted by Crippen LogP contribution is 2.37. The molecule has 0 unspecified atom stereocenters. The summed E-state index contributed by atoms with van der Waals surface area (Å²) in [6.45, 7) is 2.15. The highest BCUT2D eigenvalue weighted by atomic mass is 127. The van der Waals surface area contributed by atoms with Crippen LogP contribution in [0.5, 0.6) is 0 Å². The van der Waals surface area contributed by atoms with E-state index in [1.807, 2.05) is 27.5 Å².